The number of hydrogen-bond acceptors (Lipinski definition) is 6. The summed E-state index contributed by atoms with van der Waals surface area (Å²) in [7, 11) is -3.70. The van der Waals surface area contributed by atoms with Gasteiger partial charge in [-0.1, -0.05) is 41.0 Å². The van der Waals surface area contributed by atoms with Crippen molar-refractivity contribution in [3.05, 3.63) is 96.9 Å². The summed E-state index contributed by atoms with van der Waals surface area (Å²) in [6, 6.07) is 15.8. The molecule has 0 N–H and O–H groups in total. The highest BCUT2D eigenvalue weighted by molar-refractivity contribution is 8.04. The Morgan fingerprint density at radius 2 is 1.72 bits per heavy atom. The van der Waals surface area contributed by atoms with Crippen LogP contribution in [0.25, 0.3) is 6.08 Å². The molecule has 10 heteroatoms. The van der Waals surface area contributed by atoms with Crippen LogP contribution in [0, 0.1) is 10.1 Å². The van der Waals surface area contributed by atoms with Crippen molar-refractivity contribution in [3.8, 4) is 0 Å². The molecule has 0 spiro atoms. The third-order valence-corrected chi connectivity index (χ3v) is 8.01. The molecular weight excluding hydrogens is 491 g/mol. The Morgan fingerprint density at radius 1 is 1.03 bits per heavy atom. The largest absolute Gasteiger partial charge is 0.269 e. The Balaban J connectivity index is 1.60. The highest BCUT2D eigenvalue weighted by atomic mass is 35.5. The van der Waals surface area contributed by atoms with Crippen LogP contribution in [0.2, 0.25) is 10.0 Å². The van der Waals surface area contributed by atoms with Gasteiger partial charge in [0.2, 0.25) is 0 Å². The molecule has 0 amide bonds. The number of sulfone groups is 1. The summed E-state index contributed by atoms with van der Waals surface area (Å²) in [5, 5.41) is 11.4. The van der Waals surface area contributed by atoms with Crippen LogP contribution in [0.5, 0.6) is 0 Å². The van der Waals surface area contributed by atoms with Crippen molar-refractivity contribution in [3.63, 3.8) is 0 Å². The summed E-state index contributed by atoms with van der Waals surface area (Å²) in [6.45, 7) is 0. The molecule has 4 rings (SSSR count). The van der Waals surface area contributed by atoms with Crippen LogP contribution in [-0.2, 0) is 15.6 Å². The van der Waals surface area contributed by atoms with Gasteiger partial charge >= 0.3 is 0 Å². The van der Waals surface area contributed by atoms with Gasteiger partial charge in [-0.2, -0.15) is 0 Å². The van der Waals surface area contributed by atoms with Crippen molar-refractivity contribution >= 4 is 68.5 Å². The van der Waals surface area contributed by atoms with Gasteiger partial charge in [0.1, 0.15) is 0 Å². The highest BCUT2D eigenvalue weighted by Gasteiger charge is 2.22. The zero-order valence-electron chi connectivity index (χ0n) is 16.2. The first-order valence-electron chi connectivity index (χ1n) is 9.21. The minimum absolute atomic E-state index is 0.0101. The number of allylic oxidation sites excluding steroid dienone is 1. The standard InChI is InChI=1S/C22H14Cl2N2O4S2/c23-19-2-1-3-20(24)18(19)13-32(29,30)17-8-9-21-22(11-17)31-16(12-25-21)10-14-4-6-15(7-5-14)26(27)28/h1-12H,13H2/b16-10-. The van der Waals surface area contributed by atoms with Crippen LogP contribution in [0.1, 0.15) is 11.1 Å². The molecule has 3 aromatic carbocycles. The number of nitro groups is 1. The molecule has 0 saturated carbocycles. The van der Waals surface area contributed by atoms with E-state index in [2.05, 4.69) is 4.99 Å². The molecule has 0 aliphatic carbocycles. The van der Waals surface area contributed by atoms with Gasteiger partial charge in [-0.05, 0) is 54.1 Å². The van der Waals surface area contributed by atoms with Crippen molar-refractivity contribution in [2.45, 2.75) is 15.5 Å². The number of benzene rings is 3. The van der Waals surface area contributed by atoms with Gasteiger partial charge in [0, 0.05) is 43.8 Å². The Morgan fingerprint density at radius 3 is 2.38 bits per heavy atom. The monoisotopic (exact) mass is 504 g/mol. The second-order valence-electron chi connectivity index (χ2n) is 6.84. The molecule has 3 aromatic rings. The van der Waals surface area contributed by atoms with E-state index in [1.54, 1.807) is 48.7 Å². The molecule has 0 fully saturated rings. The maximum atomic E-state index is 13.0. The Kier molecular flexibility index (Phi) is 6.39. The molecule has 162 valence electrons. The highest BCUT2D eigenvalue weighted by Crippen LogP contribution is 2.40. The second-order valence-corrected chi connectivity index (χ2v) is 10.8. The first-order chi connectivity index (χ1) is 15.2. The first-order valence-corrected chi connectivity index (χ1v) is 12.4. The van der Waals surface area contributed by atoms with Gasteiger partial charge in [0.25, 0.3) is 5.69 Å². The van der Waals surface area contributed by atoms with E-state index in [-0.39, 0.29) is 16.3 Å². The average molecular weight is 505 g/mol. The molecule has 0 aromatic heterocycles. The fraction of sp³-hybridized carbons (Fsp3) is 0.0455. The number of nitro benzene ring substituents is 1. The van der Waals surface area contributed by atoms with Crippen LogP contribution < -0.4 is 0 Å². The summed E-state index contributed by atoms with van der Waals surface area (Å²) in [5.41, 5.74) is 1.80. The summed E-state index contributed by atoms with van der Waals surface area (Å²) in [5.74, 6) is -0.316. The molecule has 0 unspecified atom stereocenters. The molecule has 1 aliphatic heterocycles. The van der Waals surface area contributed by atoms with Crippen LogP contribution in [-0.4, -0.2) is 19.6 Å². The van der Waals surface area contributed by atoms with Gasteiger partial charge in [-0.25, -0.2) is 8.42 Å². The van der Waals surface area contributed by atoms with E-state index in [0.717, 1.165) is 10.5 Å². The fourth-order valence-electron chi connectivity index (χ4n) is 3.03. The predicted octanol–water partition coefficient (Wildman–Crippen LogP) is 6.72. The molecule has 6 nitrogen and oxygen atoms in total. The van der Waals surface area contributed by atoms with E-state index < -0.39 is 14.8 Å². The summed E-state index contributed by atoms with van der Waals surface area (Å²) < 4.78 is 26.0. The Labute approximate surface area is 198 Å². The first kappa shape index (κ1) is 22.5. The normalized spacial score (nSPS) is 14.4. The molecule has 1 heterocycles. The number of non-ortho nitro benzene ring substituents is 1. The molecule has 0 bridgehead atoms. The summed E-state index contributed by atoms with van der Waals surface area (Å²) in [4.78, 5) is 16.3. The third kappa shape index (κ3) is 4.88. The maximum Gasteiger partial charge on any atom is 0.269 e. The molecule has 1 aliphatic rings. The van der Waals surface area contributed by atoms with Gasteiger partial charge < -0.3 is 0 Å². The van der Waals surface area contributed by atoms with Crippen LogP contribution >= 0.6 is 35.0 Å². The number of fused-ring (bicyclic) bond motifs is 1. The zero-order valence-corrected chi connectivity index (χ0v) is 19.4. The number of rotatable bonds is 5. The van der Waals surface area contributed by atoms with E-state index in [9.17, 15) is 18.5 Å². The number of thioether (sulfide) groups is 1. The number of nitrogens with zero attached hydrogens (tertiary/aromatic N) is 2. The Bertz CT molecular complexity index is 1370. The lowest BCUT2D eigenvalue weighted by Gasteiger charge is -2.14. The number of halogens is 2. The predicted molar refractivity (Wildman–Crippen MR) is 129 cm³/mol. The number of aliphatic imine (C=N–C) groups is 1. The van der Waals surface area contributed by atoms with E-state index in [1.165, 1.54) is 30.0 Å². The summed E-state index contributed by atoms with van der Waals surface area (Å²) >= 11 is 13.7. The van der Waals surface area contributed by atoms with Crippen molar-refractivity contribution in [2.75, 3.05) is 0 Å². The van der Waals surface area contributed by atoms with E-state index in [1.807, 2.05) is 6.08 Å². The van der Waals surface area contributed by atoms with Crippen LogP contribution in [0.15, 0.2) is 80.4 Å². The third-order valence-electron chi connectivity index (χ3n) is 4.66. The quantitative estimate of drug-likeness (QED) is 0.284. The maximum absolute atomic E-state index is 13.0. The summed E-state index contributed by atoms with van der Waals surface area (Å²) in [6.07, 6.45) is 3.50. The van der Waals surface area contributed by atoms with E-state index in [4.69, 9.17) is 23.2 Å². The minimum atomic E-state index is -3.70. The van der Waals surface area contributed by atoms with Crippen molar-refractivity contribution in [1.29, 1.82) is 0 Å². The van der Waals surface area contributed by atoms with Crippen LogP contribution in [0.4, 0.5) is 11.4 Å². The Hall–Kier alpha value is -2.65. The smallest absolute Gasteiger partial charge is 0.258 e. The van der Waals surface area contributed by atoms with Crippen molar-refractivity contribution in [2.24, 2.45) is 4.99 Å². The number of hydrogen-bond donors (Lipinski definition) is 0. The minimum Gasteiger partial charge on any atom is -0.258 e. The van der Waals surface area contributed by atoms with Crippen molar-refractivity contribution in [1.82, 2.24) is 0 Å². The van der Waals surface area contributed by atoms with Crippen molar-refractivity contribution < 1.29 is 13.3 Å². The lowest BCUT2D eigenvalue weighted by atomic mass is 10.2. The van der Waals surface area contributed by atoms with Gasteiger partial charge in [-0.15, -0.1) is 0 Å². The van der Waals surface area contributed by atoms with Crippen LogP contribution in [0.3, 0.4) is 0 Å². The topological polar surface area (TPSA) is 89.6 Å². The van der Waals surface area contributed by atoms with E-state index in [0.29, 0.717) is 26.2 Å². The van der Waals surface area contributed by atoms with E-state index >= 15 is 0 Å². The molecule has 32 heavy (non-hydrogen) atoms. The molecular formula is C22H14Cl2N2O4S2. The van der Waals surface area contributed by atoms with Gasteiger partial charge in [-0.3, -0.25) is 15.1 Å². The SMILES string of the molecule is O=[N+]([O-])c1ccc(/C=C2/C=Nc3ccc(S(=O)(=O)Cc4c(Cl)cccc4Cl)cc3S2)cc1. The molecule has 0 saturated heterocycles. The lowest BCUT2D eigenvalue weighted by Crippen LogP contribution is -2.06. The average Bonchev–Trinajstić information content (AvgIpc) is 2.76. The second kappa shape index (κ2) is 9.07. The van der Waals surface area contributed by atoms with Gasteiger partial charge in [0.05, 0.1) is 21.3 Å². The lowest BCUT2D eigenvalue weighted by molar-refractivity contribution is -0.384. The molecule has 0 atom stereocenters. The zero-order chi connectivity index (χ0) is 22.9. The fourth-order valence-corrected chi connectivity index (χ4v) is 6.19. The molecule has 0 radical (unpaired) electrons. The van der Waals surface area contributed by atoms with Gasteiger partial charge in [0.15, 0.2) is 9.84 Å².